The number of para-hydroxylation sites is 1. The number of halogens is 1. The van der Waals surface area contributed by atoms with E-state index >= 15 is 0 Å². The molecule has 0 spiro atoms. The fraction of sp³-hybridized carbons (Fsp3) is 0.148. The highest BCUT2D eigenvalue weighted by atomic mass is 79.9. The van der Waals surface area contributed by atoms with Crippen molar-refractivity contribution in [2.45, 2.75) is 13.0 Å². The summed E-state index contributed by atoms with van der Waals surface area (Å²) in [5.41, 5.74) is 5.05. The zero-order chi connectivity index (χ0) is 22.8. The van der Waals surface area contributed by atoms with E-state index in [9.17, 15) is 9.59 Å². The van der Waals surface area contributed by atoms with Crippen LogP contribution >= 0.6 is 15.9 Å². The number of aromatic nitrogens is 1. The Hall–Kier alpha value is -3.51. The molecule has 1 aromatic heterocycles. The van der Waals surface area contributed by atoms with Gasteiger partial charge in [-0.05, 0) is 41.8 Å². The Kier molecular flexibility index (Phi) is 5.92. The third kappa shape index (κ3) is 4.52. The number of pyridine rings is 1. The van der Waals surface area contributed by atoms with Crippen molar-refractivity contribution in [2.75, 3.05) is 13.2 Å². The molecule has 1 aliphatic rings. The first kappa shape index (κ1) is 21.3. The molecule has 33 heavy (non-hydrogen) atoms. The second-order valence-corrected chi connectivity index (χ2v) is 8.91. The van der Waals surface area contributed by atoms with Gasteiger partial charge < -0.3 is 9.64 Å². The summed E-state index contributed by atoms with van der Waals surface area (Å²) in [6, 6.07) is 25.0. The van der Waals surface area contributed by atoms with E-state index in [2.05, 4.69) is 22.0 Å². The summed E-state index contributed by atoms with van der Waals surface area (Å²) in [6.07, 6.45) is 0.806. The minimum Gasteiger partial charge on any atom is -0.452 e. The smallest absolute Gasteiger partial charge is 0.339 e. The van der Waals surface area contributed by atoms with Crippen LogP contribution in [0.3, 0.4) is 0 Å². The molecule has 1 amide bonds. The number of ether oxygens (including phenoxy) is 1. The first-order valence-electron chi connectivity index (χ1n) is 10.8. The molecule has 5 nitrogen and oxygen atoms in total. The Morgan fingerprint density at radius 3 is 2.58 bits per heavy atom. The number of fused-ring (bicyclic) bond motifs is 2. The summed E-state index contributed by atoms with van der Waals surface area (Å²) in [4.78, 5) is 32.3. The van der Waals surface area contributed by atoms with Crippen molar-refractivity contribution in [1.82, 2.24) is 9.88 Å². The number of esters is 1. The lowest BCUT2D eigenvalue weighted by atomic mass is 10.00. The molecule has 2 heterocycles. The summed E-state index contributed by atoms with van der Waals surface area (Å²) in [6.45, 7) is 0.875. The maximum absolute atomic E-state index is 13.1. The van der Waals surface area contributed by atoms with Gasteiger partial charge in [0.2, 0.25) is 0 Å². The van der Waals surface area contributed by atoms with E-state index in [1.807, 2.05) is 66.7 Å². The van der Waals surface area contributed by atoms with E-state index in [-0.39, 0.29) is 12.5 Å². The molecule has 4 aromatic rings. The third-order valence-corrected chi connectivity index (χ3v) is 6.36. The Balaban J connectivity index is 1.36. The number of hydrogen-bond donors (Lipinski definition) is 0. The maximum Gasteiger partial charge on any atom is 0.339 e. The van der Waals surface area contributed by atoms with Gasteiger partial charge >= 0.3 is 5.97 Å². The molecule has 5 rings (SSSR count). The lowest BCUT2D eigenvalue weighted by Crippen LogP contribution is -2.38. The van der Waals surface area contributed by atoms with Crippen molar-refractivity contribution in [3.8, 4) is 11.3 Å². The van der Waals surface area contributed by atoms with Crippen molar-refractivity contribution >= 4 is 38.7 Å². The molecule has 0 N–H and O–H groups in total. The Bertz CT molecular complexity index is 1370. The number of nitrogens with zero attached hydrogens (tertiary/aromatic N) is 2. The van der Waals surface area contributed by atoms with Gasteiger partial charge in [-0.25, -0.2) is 9.78 Å². The van der Waals surface area contributed by atoms with Crippen LogP contribution in [0.1, 0.15) is 21.5 Å². The van der Waals surface area contributed by atoms with Crippen molar-refractivity contribution in [3.63, 3.8) is 0 Å². The van der Waals surface area contributed by atoms with E-state index in [1.165, 1.54) is 5.56 Å². The topological polar surface area (TPSA) is 59.5 Å². The van der Waals surface area contributed by atoms with Gasteiger partial charge in [0, 0.05) is 28.5 Å². The van der Waals surface area contributed by atoms with Crippen molar-refractivity contribution in [3.05, 3.63) is 100 Å². The zero-order valence-electron chi connectivity index (χ0n) is 17.8. The number of benzene rings is 3. The zero-order valence-corrected chi connectivity index (χ0v) is 19.4. The largest absolute Gasteiger partial charge is 0.452 e. The molecule has 0 saturated carbocycles. The minimum absolute atomic E-state index is 0.191. The predicted molar refractivity (Wildman–Crippen MR) is 131 cm³/mol. The fourth-order valence-corrected chi connectivity index (χ4v) is 4.54. The number of carbonyl (C=O) groups excluding carboxylic acids is 2. The highest BCUT2D eigenvalue weighted by Crippen LogP contribution is 2.27. The molecule has 0 fully saturated rings. The summed E-state index contributed by atoms with van der Waals surface area (Å²) in [5.74, 6) is -0.723. The van der Waals surface area contributed by atoms with Crippen LogP contribution in [0.15, 0.2) is 83.3 Å². The number of carbonyl (C=O) groups is 2. The summed E-state index contributed by atoms with van der Waals surface area (Å²) in [7, 11) is 0. The van der Waals surface area contributed by atoms with Crippen LogP contribution in [0.5, 0.6) is 0 Å². The van der Waals surface area contributed by atoms with E-state index in [0.717, 1.165) is 22.0 Å². The van der Waals surface area contributed by atoms with Gasteiger partial charge in [0.05, 0.1) is 16.8 Å². The average Bonchev–Trinajstić information content (AvgIpc) is 2.86. The first-order chi connectivity index (χ1) is 16.1. The molecule has 0 saturated heterocycles. The molecule has 1 aliphatic heterocycles. The quantitative estimate of drug-likeness (QED) is 0.351. The SMILES string of the molecule is O=C(OCC(=O)N1CCc2ccccc2C1)c1cc(-c2cccc(Br)c2)nc2ccccc12. The normalized spacial score (nSPS) is 12.9. The monoisotopic (exact) mass is 500 g/mol. The maximum atomic E-state index is 13.1. The highest BCUT2D eigenvalue weighted by molar-refractivity contribution is 9.10. The Morgan fingerprint density at radius 1 is 0.939 bits per heavy atom. The number of rotatable bonds is 4. The van der Waals surface area contributed by atoms with Gasteiger partial charge in [0.1, 0.15) is 0 Å². The minimum atomic E-state index is -0.532. The van der Waals surface area contributed by atoms with Crippen molar-refractivity contribution < 1.29 is 14.3 Å². The molecule has 0 radical (unpaired) electrons. The molecular formula is C27H21BrN2O3. The summed E-state index contributed by atoms with van der Waals surface area (Å²) >= 11 is 3.48. The van der Waals surface area contributed by atoms with Gasteiger partial charge in [0.15, 0.2) is 6.61 Å². The van der Waals surface area contributed by atoms with Gasteiger partial charge in [0.25, 0.3) is 5.91 Å². The number of amides is 1. The first-order valence-corrected chi connectivity index (χ1v) is 11.6. The molecule has 3 aromatic carbocycles. The van der Waals surface area contributed by atoms with Crippen LogP contribution in [-0.2, 0) is 22.5 Å². The Labute approximate surface area is 200 Å². The standard InChI is InChI=1S/C27H21BrN2O3/c28-21-9-5-8-19(14-21)25-15-23(22-10-3-4-11-24(22)29-25)27(32)33-17-26(31)30-13-12-18-6-1-2-7-20(18)16-30/h1-11,14-15H,12-13,16-17H2. The van der Waals surface area contributed by atoms with Gasteiger partial charge in [-0.15, -0.1) is 0 Å². The molecule has 0 aliphatic carbocycles. The molecule has 0 atom stereocenters. The van der Waals surface area contributed by atoms with E-state index in [1.54, 1.807) is 11.0 Å². The van der Waals surface area contributed by atoms with Crippen molar-refractivity contribution in [2.24, 2.45) is 0 Å². The summed E-state index contributed by atoms with van der Waals surface area (Å²) in [5, 5.41) is 0.695. The fourth-order valence-electron chi connectivity index (χ4n) is 4.14. The van der Waals surface area contributed by atoms with Crippen LogP contribution in [-0.4, -0.2) is 34.9 Å². The predicted octanol–water partition coefficient (Wildman–Crippen LogP) is 5.41. The van der Waals surface area contributed by atoms with E-state index in [0.29, 0.717) is 35.2 Å². The van der Waals surface area contributed by atoms with Crippen LogP contribution in [0.2, 0.25) is 0 Å². The Morgan fingerprint density at radius 2 is 1.73 bits per heavy atom. The van der Waals surface area contributed by atoms with E-state index in [4.69, 9.17) is 9.72 Å². The number of hydrogen-bond acceptors (Lipinski definition) is 4. The van der Waals surface area contributed by atoms with Gasteiger partial charge in [-0.3, -0.25) is 4.79 Å². The second-order valence-electron chi connectivity index (χ2n) is 7.99. The third-order valence-electron chi connectivity index (χ3n) is 5.87. The van der Waals surface area contributed by atoms with Crippen LogP contribution in [0.25, 0.3) is 22.2 Å². The van der Waals surface area contributed by atoms with Gasteiger partial charge in [-0.1, -0.05) is 70.5 Å². The van der Waals surface area contributed by atoms with Crippen molar-refractivity contribution in [1.29, 1.82) is 0 Å². The second kappa shape index (κ2) is 9.16. The lowest BCUT2D eigenvalue weighted by molar-refractivity contribution is -0.135. The molecule has 0 unspecified atom stereocenters. The highest BCUT2D eigenvalue weighted by Gasteiger charge is 2.22. The summed E-state index contributed by atoms with van der Waals surface area (Å²) < 4.78 is 6.41. The van der Waals surface area contributed by atoms with Gasteiger partial charge in [-0.2, -0.15) is 0 Å². The van der Waals surface area contributed by atoms with E-state index < -0.39 is 5.97 Å². The van der Waals surface area contributed by atoms with Crippen LogP contribution in [0, 0.1) is 0 Å². The lowest BCUT2D eigenvalue weighted by Gasteiger charge is -2.28. The average molecular weight is 501 g/mol. The van der Waals surface area contributed by atoms with Crippen LogP contribution in [0.4, 0.5) is 0 Å². The molecule has 6 heteroatoms. The molecule has 164 valence electrons. The molecular weight excluding hydrogens is 480 g/mol. The van der Waals surface area contributed by atoms with Crippen LogP contribution < -0.4 is 0 Å². The molecule has 0 bridgehead atoms.